The molecule has 7 nitrogen and oxygen atoms in total. The maximum atomic E-state index is 13.4. The van der Waals surface area contributed by atoms with Gasteiger partial charge >= 0.3 is 0 Å². The molecule has 4 rings (SSSR count). The van der Waals surface area contributed by atoms with E-state index in [0.29, 0.717) is 30.1 Å². The Balaban J connectivity index is 1.48. The highest BCUT2D eigenvalue weighted by atomic mass is 16.5. The third kappa shape index (κ3) is 7.25. The van der Waals surface area contributed by atoms with Crippen molar-refractivity contribution in [3.63, 3.8) is 0 Å². The molecule has 2 aromatic rings. The number of hydrogen-bond acceptors (Lipinski definition) is 5. The minimum absolute atomic E-state index is 0.0595. The minimum Gasteiger partial charge on any atom is -0.497 e. The molecule has 2 amide bonds. The van der Waals surface area contributed by atoms with Gasteiger partial charge in [-0.15, -0.1) is 0 Å². The van der Waals surface area contributed by atoms with Gasteiger partial charge in [0, 0.05) is 23.9 Å². The number of amides is 2. The lowest BCUT2D eigenvalue weighted by Crippen LogP contribution is -2.44. The Morgan fingerprint density at radius 3 is 2.37 bits per heavy atom. The molecule has 0 radical (unpaired) electrons. The average Bonchev–Trinajstić information content (AvgIpc) is 3.80. The molecular formula is C28H32N2O5. The van der Waals surface area contributed by atoms with E-state index in [4.69, 9.17) is 4.74 Å². The van der Waals surface area contributed by atoms with E-state index >= 15 is 0 Å². The lowest BCUT2D eigenvalue weighted by atomic mass is 9.87. The van der Waals surface area contributed by atoms with Crippen LogP contribution in [0, 0.1) is 11.8 Å². The monoisotopic (exact) mass is 476 g/mol. The predicted octanol–water partition coefficient (Wildman–Crippen LogP) is 3.26. The second kappa shape index (κ2) is 11.3. The fraction of sp³-hybridized carbons (Fsp3) is 0.429. The van der Waals surface area contributed by atoms with Crippen LogP contribution in [0.4, 0.5) is 0 Å². The van der Waals surface area contributed by atoms with E-state index in [1.807, 2.05) is 30.3 Å². The van der Waals surface area contributed by atoms with Crippen molar-refractivity contribution in [2.24, 2.45) is 11.8 Å². The number of methoxy groups -OCH3 is 1. The molecular weight excluding hydrogens is 444 g/mol. The Labute approximate surface area is 205 Å². The fourth-order valence-corrected chi connectivity index (χ4v) is 4.17. The van der Waals surface area contributed by atoms with E-state index in [2.05, 4.69) is 10.6 Å². The fourth-order valence-electron chi connectivity index (χ4n) is 4.17. The van der Waals surface area contributed by atoms with E-state index in [9.17, 15) is 19.2 Å². The molecule has 0 saturated heterocycles. The zero-order valence-corrected chi connectivity index (χ0v) is 20.0. The first-order valence-corrected chi connectivity index (χ1v) is 12.3. The van der Waals surface area contributed by atoms with Gasteiger partial charge in [-0.2, -0.15) is 0 Å². The standard InChI is InChI=1S/C28H32N2O5/c1-35-23-9-5-8-20(16-23)27(33)30-24(15-19-10-11-19)25(31)17-21(14-18-6-3-2-4-7-18)26(32)28(34)29-22-12-13-22/h2-9,16,19,21-22,24H,10-15,17H2,1H3,(H,29,34)(H,30,33). The highest BCUT2D eigenvalue weighted by Crippen LogP contribution is 2.34. The van der Waals surface area contributed by atoms with Gasteiger partial charge in [-0.25, -0.2) is 0 Å². The summed E-state index contributed by atoms with van der Waals surface area (Å²) in [6.45, 7) is 0. The van der Waals surface area contributed by atoms with Gasteiger partial charge in [0.1, 0.15) is 5.75 Å². The SMILES string of the molecule is COc1cccc(C(=O)NC(CC2CC2)C(=O)CC(Cc2ccccc2)C(=O)C(=O)NC2CC2)c1. The van der Waals surface area contributed by atoms with Crippen LogP contribution in [0.1, 0.15) is 54.4 Å². The number of Topliss-reactive ketones (excluding diaryl/α,β-unsaturated/α-hetero) is 2. The van der Waals surface area contributed by atoms with Crippen LogP contribution in [0.5, 0.6) is 5.75 Å². The molecule has 2 aromatic carbocycles. The molecule has 0 aromatic heterocycles. The summed E-state index contributed by atoms with van der Waals surface area (Å²) in [5, 5.41) is 5.63. The molecule has 2 saturated carbocycles. The number of ether oxygens (including phenoxy) is 1. The summed E-state index contributed by atoms with van der Waals surface area (Å²) in [6.07, 6.45) is 4.53. The first-order chi connectivity index (χ1) is 16.9. The first kappa shape index (κ1) is 24.6. The van der Waals surface area contributed by atoms with Gasteiger partial charge in [0.05, 0.1) is 13.2 Å². The Morgan fingerprint density at radius 2 is 1.71 bits per heavy atom. The number of carbonyl (C=O) groups excluding carboxylic acids is 4. The summed E-state index contributed by atoms with van der Waals surface area (Å²) in [4.78, 5) is 51.9. The largest absolute Gasteiger partial charge is 0.497 e. The number of rotatable bonds is 13. The van der Waals surface area contributed by atoms with Crippen LogP contribution in [-0.4, -0.2) is 42.6 Å². The van der Waals surface area contributed by atoms with Crippen molar-refractivity contribution in [1.29, 1.82) is 0 Å². The average molecular weight is 477 g/mol. The Morgan fingerprint density at radius 1 is 0.971 bits per heavy atom. The smallest absolute Gasteiger partial charge is 0.287 e. The normalized spacial score (nSPS) is 16.6. The lowest BCUT2D eigenvalue weighted by molar-refractivity contribution is -0.141. The summed E-state index contributed by atoms with van der Waals surface area (Å²) in [5.41, 5.74) is 1.29. The van der Waals surface area contributed by atoms with Crippen LogP contribution in [0.25, 0.3) is 0 Å². The van der Waals surface area contributed by atoms with Gasteiger partial charge in [0.15, 0.2) is 5.78 Å². The van der Waals surface area contributed by atoms with Crippen molar-refractivity contribution >= 4 is 23.4 Å². The lowest BCUT2D eigenvalue weighted by Gasteiger charge is -2.21. The Bertz CT molecular complexity index is 1080. The second-order valence-corrected chi connectivity index (χ2v) is 9.61. The van der Waals surface area contributed by atoms with Crippen molar-refractivity contribution in [3.05, 3.63) is 65.7 Å². The summed E-state index contributed by atoms with van der Waals surface area (Å²) in [7, 11) is 1.53. The van der Waals surface area contributed by atoms with Gasteiger partial charge in [0.25, 0.3) is 11.8 Å². The summed E-state index contributed by atoms with van der Waals surface area (Å²) in [6, 6.07) is 15.5. The van der Waals surface area contributed by atoms with E-state index in [1.165, 1.54) is 7.11 Å². The number of hydrogen-bond donors (Lipinski definition) is 2. The minimum atomic E-state index is -0.779. The first-order valence-electron chi connectivity index (χ1n) is 12.3. The van der Waals surface area contributed by atoms with Gasteiger partial charge < -0.3 is 15.4 Å². The maximum Gasteiger partial charge on any atom is 0.287 e. The molecule has 7 heteroatoms. The second-order valence-electron chi connectivity index (χ2n) is 9.61. The molecule has 35 heavy (non-hydrogen) atoms. The highest BCUT2D eigenvalue weighted by Gasteiger charge is 2.35. The van der Waals surface area contributed by atoms with Crippen molar-refractivity contribution in [1.82, 2.24) is 10.6 Å². The summed E-state index contributed by atoms with van der Waals surface area (Å²) in [5.74, 6) is -1.62. The molecule has 0 bridgehead atoms. The predicted molar refractivity (Wildman–Crippen MR) is 131 cm³/mol. The molecule has 2 fully saturated rings. The number of carbonyl (C=O) groups is 4. The van der Waals surface area contributed by atoms with E-state index in [1.54, 1.807) is 24.3 Å². The zero-order chi connectivity index (χ0) is 24.8. The van der Waals surface area contributed by atoms with Crippen LogP contribution >= 0.6 is 0 Å². The molecule has 2 N–H and O–H groups in total. The van der Waals surface area contributed by atoms with E-state index < -0.39 is 23.7 Å². The topological polar surface area (TPSA) is 102 Å². The Kier molecular flexibility index (Phi) is 7.95. The third-order valence-corrected chi connectivity index (χ3v) is 6.57. The van der Waals surface area contributed by atoms with Crippen LogP contribution in [0.15, 0.2) is 54.6 Å². The number of ketones is 2. The quantitative estimate of drug-likeness (QED) is 0.432. The van der Waals surface area contributed by atoms with Gasteiger partial charge in [0.2, 0.25) is 5.78 Å². The van der Waals surface area contributed by atoms with Crippen LogP contribution in [0.3, 0.4) is 0 Å². The molecule has 2 unspecified atom stereocenters. The zero-order valence-electron chi connectivity index (χ0n) is 20.0. The van der Waals surface area contributed by atoms with Gasteiger partial charge in [-0.05, 0) is 55.4 Å². The summed E-state index contributed by atoms with van der Waals surface area (Å²) < 4.78 is 5.20. The van der Waals surface area contributed by atoms with E-state index in [0.717, 1.165) is 31.2 Å². The third-order valence-electron chi connectivity index (χ3n) is 6.57. The van der Waals surface area contributed by atoms with Crippen molar-refractivity contribution in [2.45, 2.75) is 57.0 Å². The summed E-state index contributed by atoms with van der Waals surface area (Å²) >= 11 is 0. The Hall–Kier alpha value is -3.48. The molecule has 0 heterocycles. The van der Waals surface area contributed by atoms with Crippen molar-refractivity contribution < 1.29 is 23.9 Å². The van der Waals surface area contributed by atoms with E-state index in [-0.39, 0.29) is 24.2 Å². The van der Waals surface area contributed by atoms with Gasteiger partial charge in [-0.1, -0.05) is 49.2 Å². The molecule has 2 aliphatic rings. The van der Waals surface area contributed by atoms with Crippen molar-refractivity contribution in [2.75, 3.05) is 7.11 Å². The number of nitrogens with one attached hydrogen (secondary N) is 2. The molecule has 0 spiro atoms. The molecule has 2 aliphatic carbocycles. The van der Waals surface area contributed by atoms with Crippen molar-refractivity contribution in [3.8, 4) is 5.75 Å². The molecule has 2 atom stereocenters. The van der Waals surface area contributed by atoms with Gasteiger partial charge in [-0.3, -0.25) is 19.2 Å². The number of benzene rings is 2. The van der Waals surface area contributed by atoms with Crippen LogP contribution in [0.2, 0.25) is 0 Å². The molecule has 0 aliphatic heterocycles. The van der Waals surface area contributed by atoms with Crippen LogP contribution in [-0.2, 0) is 20.8 Å². The molecule has 184 valence electrons. The van der Waals surface area contributed by atoms with Crippen LogP contribution < -0.4 is 15.4 Å². The highest BCUT2D eigenvalue weighted by molar-refractivity contribution is 6.37. The maximum absolute atomic E-state index is 13.4.